The van der Waals surface area contributed by atoms with Crippen LogP contribution in [0.4, 0.5) is 0 Å². The van der Waals surface area contributed by atoms with E-state index >= 15 is 0 Å². The van der Waals surface area contributed by atoms with E-state index in [0.29, 0.717) is 46.8 Å². The SMILES string of the molecule is CC(C)=CCCC1(C)C=Cc2c(O)c3c(c(CC=C(C)C)c2O1)OC1C(=CC2CC1C(C)(C)OC(C)(C/C=C(/C)C(=O)ON1C(=O)CCC1=O)C2=O)C3=O. The molecule has 288 valence electrons. The van der Waals surface area contributed by atoms with E-state index < -0.39 is 58.3 Å². The van der Waals surface area contributed by atoms with E-state index in [9.17, 15) is 29.1 Å². The van der Waals surface area contributed by atoms with Crippen molar-refractivity contribution in [1.29, 1.82) is 0 Å². The molecule has 54 heavy (non-hydrogen) atoms. The summed E-state index contributed by atoms with van der Waals surface area (Å²) in [6, 6.07) is 0. The van der Waals surface area contributed by atoms with E-state index in [1.165, 1.54) is 18.6 Å². The number of nitrogens with zero attached hydrogens (tertiary/aromatic N) is 1. The Hall–Kier alpha value is -4.77. The third-order valence-electron chi connectivity index (χ3n) is 11.2. The van der Waals surface area contributed by atoms with Gasteiger partial charge in [-0.25, -0.2) is 4.79 Å². The Balaban J connectivity index is 1.35. The minimum absolute atomic E-state index is 0.0133. The number of rotatable bonds is 9. The third kappa shape index (κ3) is 7.10. The predicted molar refractivity (Wildman–Crippen MR) is 201 cm³/mol. The van der Waals surface area contributed by atoms with Crippen LogP contribution in [0.3, 0.4) is 0 Å². The Morgan fingerprint density at radius 2 is 1.63 bits per heavy atom. The van der Waals surface area contributed by atoms with Gasteiger partial charge in [0.2, 0.25) is 0 Å². The third-order valence-corrected chi connectivity index (χ3v) is 11.2. The van der Waals surface area contributed by atoms with Crippen molar-refractivity contribution in [2.24, 2.45) is 11.8 Å². The lowest BCUT2D eigenvalue weighted by Crippen LogP contribution is -2.50. The van der Waals surface area contributed by atoms with Crippen molar-refractivity contribution in [1.82, 2.24) is 5.06 Å². The first-order chi connectivity index (χ1) is 25.2. The van der Waals surface area contributed by atoms with Crippen LogP contribution in [-0.2, 0) is 35.2 Å². The number of carbonyl (C=O) groups is 5. The number of ketones is 2. The number of imide groups is 1. The second-order valence-electron chi connectivity index (χ2n) is 16.6. The Labute approximate surface area is 316 Å². The average Bonchev–Trinajstić information content (AvgIpc) is 3.38. The van der Waals surface area contributed by atoms with Crippen LogP contribution in [0, 0.1) is 11.8 Å². The topological polar surface area (TPSA) is 146 Å². The molecule has 6 rings (SSSR count). The molecule has 0 radical (unpaired) electrons. The van der Waals surface area contributed by atoms with Crippen molar-refractivity contribution < 1.29 is 48.1 Å². The summed E-state index contributed by atoms with van der Waals surface area (Å²) in [4.78, 5) is 70.8. The minimum Gasteiger partial charge on any atom is -0.506 e. The summed E-state index contributed by atoms with van der Waals surface area (Å²) in [6.45, 7) is 17.0. The highest BCUT2D eigenvalue weighted by atomic mass is 16.7. The molecule has 5 aliphatic rings. The maximum absolute atomic E-state index is 14.6. The average molecular weight is 742 g/mol. The van der Waals surface area contributed by atoms with Gasteiger partial charge in [-0.1, -0.05) is 35.5 Å². The lowest BCUT2D eigenvalue weighted by atomic mass is 9.69. The molecule has 5 atom stereocenters. The Morgan fingerprint density at radius 3 is 2.28 bits per heavy atom. The van der Waals surface area contributed by atoms with Crippen molar-refractivity contribution in [3.8, 4) is 17.2 Å². The number of aromatic hydroxyl groups is 1. The predicted octanol–water partition coefficient (Wildman–Crippen LogP) is 7.40. The molecule has 2 amide bonds. The highest BCUT2D eigenvalue weighted by Gasteiger charge is 2.57. The van der Waals surface area contributed by atoms with Crippen LogP contribution in [0.25, 0.3) is 6.08 Å². The summed E-state index contributed by atoms with van der Waals surface area (Å²) in [5.41, 5.74) is 0.733. The van der Waals surface area contributed by atoms with Gasteiger partial charge in [0.15, 0.2) is 11.6 Å². The summed E-state index contributed by atoms with van der Waals surface area (Å²) >= 11 is 0. The fourth-order valence-corrected chi connectivity index (χ4v) is 8.11. The number of phenolic OH excluding ortho intramolecular Hbond substituents is 1. The van der Waals surface area contributed by atoms with Crippen LogP contribution in [0.2, 0.25) is 0 Å². The largest absolute Gasteiger partial charge is 0.506 e. The number of hydrogen-bond acceptors (Lipinski definition) is 10. The maximum Gasteiger partial charge on any atom is 0.359 e. The quantitative estimate of drug-likeness (QED) is 0.154. The van der Waals surface area contributed by atoms with Gasteiger partial charge in [-0.2, -0.15) is 0 Å². The van der Waals surface area contributed by atoms with Crippen molar-refractivity contribution >= 4 is 35.4 Å². The lowest BCUT2D eigenvalue weighted by molar-refractivity contribution is -0.194. The summed E-state index contributed by atoms with van der Waals surface area (Å²) in [7, 11) is 0. The first-order valence-electron chi connectivity index (χ1n) is 18.7. The number of amides is 2. The van der Waals surface area contributed by atoms with Crippen molar-refractivity contribution in [3.63, 3.8) is 0 Å². The fourth-order valence-electron chi connectivity index (χ4n) is 8.11. The number of carbonyl (C=O) groups excluding carboxylic acids is 5. The smallest absolute Gasteiger partial charge is 0.359 e. The first-order valence-corrected chi connectivity index (χ1v) is 18.7. The molecule has 1 aromatic rings. The van der Waals surface area contributed by atoms with Crippen LogP contribution >= 0.6 is 0 Å². The van der Waals surface area contributed by atoms with Gasteiger partial charge in [0, 0.05) is 47.8 Å². The first kappa shape index (κ1) is 38.9. The molecular formula is C43H51NO10. The van der Waals surface area contributed by atoms with E-state index in [4.69, 9.17) is 19.0 Å². The van der Waals surface area contributed by atoms with Crippen molar-refractivity contribution in [2.45, 2.75) is 130 Å². The zero-order chi connectivity index (χ0) is 39.5. The number of phenols is 1. The molecule has 1 aromatic carbocycles. The second-order valence-corrected chi connectivity index (χ2v) is 16.6. The zero-order valence-corrected chi connectivity index (χ0v) is 32.7. The molecule has 0 spiro atoms. The van der Waals surface area contributed by atoms with E-state index in [1.54, 1.807) is 13.0 Å². The number of benzene rings is 1. The van der Waals surface area contributed by atoms with Crippen LogP contribution in [-0.4, -0.2) is 62.4 Å². The molecular weight excluding hydrogens is 690 g/mol. The van der Waals surface area contributed by atoms with Gasteiger partial charge in [-0.15, -0.1) is 5.06 Å². The molecule has 11 nitrogen and oxygen atoms in total. The van der Waals surface area contributed by atoms with Gasteiger partial charge in [0.25, 0.3) is 11.8 Å². The van der Waals surface area contributed by atoms with Crippen molar-refractivity contribution in [3.05, 3.63) is 69.4 Å². The molecule has 2 saturated heterocycles. The molecule has 1 N–H and O–H groups in total. The van der Waals surface area contributed by atoms with Crippen LogP contribution < -0.4 is 9.47 Å². The van der Waals surface area contributed by atoms with Crippen molar-refractivity contribution in [2.75, 3.05) is 0 Å². The molecule has 2 bridgehead atoms. The zero-order valence-electron chi connectivity index (χ0n) is 32.7. The molecule has 4 aliphatic heterocycles. The molecule has 5 unspecified atom stereocenters. The normalized spacial score (nSPS) is 28.2. The summed E-state index contributed by atoms with van der Waals surface area (Å²) < 4.78 is 20.3. The molecule has 4 heterocycles. The molecule has 2 fully saturated rings. The van der Waals surface area contributed by atoms with E-state index in [0.717, 1.165) is 12.0 Å². The molecule has 0 saturated carbocycles. The number of allylic oxidation sites excluding steroid dienone is 5. The van der Waals surface area contributed by atoms with Gasteiger partial charge in [-0.3, -0.25) is 19.2 Å². The van der Waals surface area contributed by atoms with E-state index in [1.807, 2.05) is 52.8 Å². The Morgan fingerprint density at radius 1 is 0.963 bits per heavy atom. The van der Waals surface area contributed by atoms with E-state index in [-0.39, 0.29) is 47.7 Å². The summed E-state index contributed by atoms with van der Waals surface area (Å²) in [6.07, 6.45) is 12.6. The number of hydrogen-bond donors (Lipinski definition) is 1. The lowest BCUT2D eigenvalue weighted by Gasteiger charge is -2.45. The second kappa shape index (κ2) is 14.1. The van der Waals surface area contributed by atoms with Gasteiger partial charge < -0.3 is 24.2 Å². The number of hydroxylamine groups is 2. The fraction of sp³-hybridized carbons (Fsp3) is 0.512. The summed E-state index contributed by atoms with van der Waals surface area (Å²) in [5.74, 6) is -3.36. The minimum atomic E-state index is -1.42. The Kier molecular flexibility index (Phi) is 10.2. The highest BCUT2D eigenvalue weighted by Crippen LogP contribution is 2.55. The van der Waals surface area contributed by atoms with E-state index in [2.05, 4.69) is 19.9 Å². The van der Waals surface area contributed by atoms with Crippen LogP contribution in [0.1, 0.15) is 122 Å². The van der Waals surface area contributed by atoms with Gasteiger partial charge in [-0.05, 0) is 100 Å². The number of Topliss-reactive ketones (excluding diaryl/α,β-unsaturated/α-hetero) is 2. The molecule has 0 aromatic heterocycles. The number of fused-ring (bicyclic) bond motifs is 6. The van der Waals surface area contributed by atoms with Gasteiger partial charge in [0.1, 0.15) is 40.1 Å². The van der Waals surface area contributed by atoms with Crippen LogP contribution in [0.5, 0.6) is 17.2 Å². The monoisotopic (exact) mass is 741 g/mol. The Bertz CT molecular complexity index is 1970. The van der Waals surface area contributed by atoms with Crippen LogP contribution in [0.15, 0.2) is 52.7 Å². The highest BCUT2D eigenvalue weighted by molar-refractivity contribution is 6.16. The van der Waals surface area contributed by atoms with Gasteiger partial charge in [0.05, 0.1) is 11.2 Å². The van der Waals surface area contributed by atoms with Gasteiger partial charge >= 0.3 is 5.97 Å². The number of ether oxygens (including phenoxy) is 3. The summed E-state index contributed by atoms with van der Waals surface area (Å²) in [5, 5.41) is 12.3. The maximum atomic E-state index is 14.6. The standard InChI is InChI=1S/C43H51NO10/c1-23(2)11-10-18-42(8)19-17-27-34(47)33-35(48)29-21-26-22-30(37(29)51-38(33)28(36(27)52-42)13-12-24(3)4)41(6,7)54-43(9,39(26)49)20-16-25(5)40(50)53-44-31(45)14-15-32(44)46/h11-12,16-17,19,21,26,30,37,47H,10,13-15,18,20,22H2,1-9H3/b25-16-. The molecule has 1 aliphatic carbocycles. The molecule has 11 heteroatoms.